The van der Waals surface area contributed by atoms with E-state index in [9.17, 15) is 5.11 Å². The van der Waals surface area contributed by atoms with Crippen molar-refractivity contribution < 1.29 is 5.11 Å². The lowest BCUT2D eigenvalue weighted by molar-refractivity contribution is 0.0781. The van der Waals surface area contributed by atoms with Gasteiger partial charge in [-0.3, -0.25) is 0 Å². The lowest BCUT2D eigenvalue weighted by Gasteiger charge is -2.17. The lowest BCUT2D eigenvalue weighted by Crippen LogP contribution is -2.22. The van der Waals surface area contributed by atoms with Gasteiger partial charge in [-0.2, -0.15) is 5.10 Å². The van der Waals surface area contributed by atoms with Crippen molar-refractivity contribution in [1.29, 1.82) is 0 Å². The van der Waals surface area contributed by atoms with Crippen molar-refractivity contribution in [2.45, 2.75) is 45.8 Å². The summed E-state index contributed by atoms with van der Waals surface area (Å²) in [7, 11) is 0. The predicted molar refractivity (Wildman–Crippen MR) is 108 cm³/mol. The normalized spacial score (nSPS) is 16.9. The molecule has 1 saturated heterocycles. The van der Waals surface area contributed by atoms with Gasteiger partial charge in [0.05, 0.1) is 23.7 Å². The highest BCUT2D eigenvalue weighted by Crippen LogP contribution is 2.24. The SMILES string of the molecule is CC.CC(C)(O)c1cnn2c(-c3cccc(NC4CCNC4)n3)cnc2c1. The number of nitrogens with one attached hydrogen (secondary N) is 2. The molecule has 1 aliphatic heterocycles. The third kappa shape index (κ3) is 4.26. The Morgan fingerprint density at radius 2 is 2.07 bits per heavy atom. The van der Waals surface area contributed by atoms with Crippen LogP contribution >= 0.6 is 0 Å². The van der Waals surface area contributed by atoms with Crippen LogP contribution < -0.4 is 10.6 Å². The number of hydrogen-bond donors (Lipinski definition) is 3. The lowest BCUT2D eigenvalue weighted by atomic mass is 10.0. The van der Waals surface area contributed by atoms with Gasteiger partial charge in [-0.25, -0.2) is 14.5 Å². The summed E-state index contributed by atoms with van der Waals surface area (Å²) >= 11 is 0. The minimum Gasteiger partial charge on any atom is -0.386 e. The Kier molecular flexibility index (Phi) is 5.72. The smallest absolute Gasteiger partial charge is 0.154 e. The number of hydrogen-bond acceptors (Lipinski definition) is 6. The molecule has 0 aliphatic carbocycles. The van der Waals surface area contributed by atoms with Gasteiger partial charge in [-0.15, -0.1) is 0 Å². The van der Waals surface area contributed by atoms with Gasteiger partial charge in [0, 0.05) is 18.2 Å². The van der Waals surface area contributed by atoms with Gasteiger partial charge in [0.1, 0.15) is 11.5 Å². The first-order chi connectivity index (χ1) is 13.0. The molecular weight excluding hydrogens is 340 g/mol. The van der Waals surface area contributed by atoms with E-state index in [1.54, 1.807) is 30.8 Å². The van der Waals surface area contributed by atoms with Crippen LogP contribution in [-0.2, 0) is 5.60 Å². The molecule has 3 aromatic heterocycles. The molecule has 7 nitrogen and oxygen atoms in total. The molecule has 0 bridgehead atoms. The van der Waals surface area contributed by atoms with Crippen LogP contribution in [0.5, 0.6) is 0 Å². The molecule has 0 radical (unpaired) electrons. The summed E-state index contributed by atoms with van der Waals surface area (Å²) in [6.45, 7) is 9.47. The van der Waals surface area contributed by atoms with Gasteiger partial charge in [-0.05, 0) is 45.0 Å². The number of anilines is 1. The first kappa shape index (κ1) is 19.3. The first-order valence-corrected chi connectivity index (χ1v) is 9.52. The third-order valence-corrected chi connectivity index (χ3v) is 4.49. The molecular formula is C20H28N6O. The Labute approximate surface area is 159 Å². The standard InChI is InChI=1S/C18H22N6O.C2H6/c1-18(2,25)12-8-17-20-11-15(24(17)21-9-12)14-4-3-5-16(23-14)22-13-6-7-19-10-13;1-2/h3-5,8-9,11,13,19,25H,6-7,10H2,1-2H3,(H,22,23);1-2H3. The molecule has 4 heterocycles. The summed E-state index contributed by atoms with van der Waals surface area (Å²) in [6.07, 6.45) is 4.53. The summed E-state index contributed by atoms with van der Waals surface area (Å²) in [5.41, 5.74) is 2.11. The van der Waals surface area contributed by atoms with E-state index in [1.807, 2.05) is 38.1 Å². The highest BCUT2D eigenvalue weighted by Gasteiger charge is 2.19. The number of imidazole rings is 1. The van der Waals surface area contributed by atoms with Gasteiger partial charge in [0.15, 0.2) is 5.65 Å². The predicted octanol–water partition coefficient (Wildman–Crippen LogP) is 2.82. The van der Waals surface area contributed by atoms with Crippen LogP contribution in [0.15, 0.2) is 36.7 Å². The summed E-state index contributed by atoms with van der Waals surface area (Å²) < 4.78 is 1.75. The molecule has 4 rings (SSSR count). The molecule has 0 amide bonds. The maximum absolute atomic E-state index is 10.1. The zero-order chi connectivity index (χ0) is 19.4. The quantitative estimate of drug-likeness (QED) is 0.656. The van der Waals surface area contributed by atoms with E-state index >= 15 is 0 Å². The van der Waals surface area contributed by atoms with Crippen molar-refractivity contribution in [3.05, 3.63) is 42.2 Å². The Morgan fingerprint density at radius 1 is 1.26 bits per heavy atom. The number of fused-ring (bicyclic) bond motifs is 1. The molecule has 3 aromatic rings. The Balaban J connectivity index is 0.00000102. The molecule has 0 saturated carbocycles. The molecule has 0 spiro atoms. The van der Waals surface area contributed by atoms with E-state index in [1.165, 1.54) is 0 Å². The van der Waals surface area contributed by atoms with E-state index in [0.29, 0.717) is 11.7 Å². The zero-order valence-electron chi connectivity index (χ0n) is 16.4. The summed E-state index contributed by atoms with van der Waals surface area (Å²) in [5, 5.41) is 21.4. The highest BCUT2D eigenvalue weighted by molar-refractivity contribution is 5.61. The van der Waals surface area contributed by atoms with Gasteiger partial charge >= 0.3 is 0 Å². The van der Waals surface area contributed by atoms with Crippen LogP contribution in [-0.4, -0.2) is 43.8 Å². The summed E-state index contributed by atoms with van der Waals surface area (Å²) in [6, 6.07) is 8.18. The molecule has 27 heavy (non-hydrogen) atoms. The number of aliphatic hydroxyl groups is 1. The van der Waals surface area contributed by atoms with E-state index in [0.717, 1.165) is 42.3 Å². The van der Waals surface area contributed by atoms with E-state index < -0.39 is 5.60 Å². The Bertz CT molecular complexity index is 893. The van der Waals surface area contributed by atoms with Gasteiger partial charge in [0.25, 0.3) is 0 Å². The van der Waals surface area contributed by atoms with E-state index in [-0.39, 0.29) is 0 Å². The van der Waals surface area contributed by atoms with Crippen molar-refractivity contribution in [3.63, 3.8) is 0 Å². The topological polar surface area (TPSA) is 87.4 Å². The highest BCUT2D eigenvalue weighted by atomic mass is 16.3. The van der Waals surface area contributed by atoms with Crippen molar-refractivity contribution in [2.75, 3.05) is 18.4 Å². The third-order valence-electron chi connectivity index (χ3n) is 4.49. The van der Waals surface area contributed by atoms with Gasteiger partial charge < -0.3 is 15.7 Å². The molecule has 7 heteroatoms. The van der Waals surface area contributed by atoms with Crippen LogP contribution in [0.1, 0.15) is 39.7 Å². The molecule has 1 atom stereocenters. The van der Waals surface area contributed by atoms with Crippen molar-refractivity contribution in [2.24, 2.45) is 0 Å². The summed E-state index contributed by atoms with van der Waals surface area (Å²) in [4.78, 5) is 9.13. The summed E-state index contributed by atoms with van der Waals surface area (Å²) in [5.74, 6) is 0.856. The molecule has 144 valence electrons. The van der Waals surface area contributed by atoms with Crippen LogP contribution in [0.2, 0.25) is 0 Å². The number of aromatic nitrogens is 4. The average Bonchev–Trinajstić information content (AvgIpc) is 3.32. The van der Waals surface area contributed by atoms with Crippen LogP contribution in [0.4, 0.5) is 5.82 Å². The minimum absolute atomic E-state index is 0.414. The van der Waals surface area contributed by atoms with E-state index in [2.05, 4.69) is 20.7 Å². The molecule has 0 aromatic carbocycles. The molecule has 1 fully saturated rings. The van der Waals surface area contributed by atoms with Gasteiger partial charge in [0.2, 0.25) is 0 Å². The fourth-order valence-corrected chi connectivity index (χ4v) is 3.03. The zero-order valence-corrected chi connectivity index (χ0v) is 16.4. The first-order valence-electron chi connectivity index (χ1n) is 9.52. The fourth-order valence-electron chi connectivity index (χ4n) is 3.03. The maximum atomic E-state index is 10.1. The molecule has 1 unspecified atom stereocenters. The number of nitrogens with zero attached hydrogens (tertiary/aromatic N) is 4. The van der Waals surface area contributed by atoms with Gasteiger partial charge in [-0.1, -0.05) is 19.9 Å². The van der Waals surface area contributed by atoms with Crippen LogP contribution in [0.25, 0.3) is 17.0 Å². The average molecular weight is 368 g/mol. The maximum Gasteiger partial charge on any atom is 0.154 e. The second-order valence-corrected chi connectivity index (χ2v) is 6.96. The molecule has 1 aliphatic rings. The number of rotatable bonds is 4. The Morgan fingerprint density at radius 3 is 2.78 bits per heavy atom. The number of pyridine rings is 1. The largest absolute Gasteiger partial charge is 0.386 e. The monoisotopic (exact) mass is 368 g/mol. The fraction of sp³-hybridized carbons (Fsp3) is 0.450. The van der Waals surface area contributed by atoms with E-state index in [4.69, 9.17) is 4.98 Å². The van der Waals surface area contributed by atoms with Crippen molar-refractivity contribution in [1.82, 2.24) is 24.9 Å². The minimum atomic E-state index is -0.946. The molecule has 3 N–H and O–H groups in total. The second-order valence-electron chi connectivity index (χ2n) is 6.96. The van der Waals surface area contributed by atoms with Crippen LogP contribution in [0.3, 0.4) is 0 Å². The van der Waals surface area contributed by atoms with Crippen LogP contribution in [0, 0.1) is 0 Å². The second kappa shape index (κ2) is 8.02. The Hall–Kier alpha value is -2.51. The van der Waals surface area contributed by atoms with Crippen molar-refractivity contribution in [3.8, 4) is 11.4 Å². The van der Waals surface area contributed by atoms with Crippen molar-refractivity contribution >= 4 is 11.5 Å².